The van der Waals surface area contributed by atoms with Gasteiger partial charge in [-0.25, -0.2) is 0 Å². The lowest BCUT2D eigenvalue weighted by Gasteiger charge is -2.41. The van der Waals surface area contributed by atoms with E-state index >= 15 is 0 Å². The molecule has 1 aliphatic carbocycles. The molecule has 7 nitrogen and oxygen atoms in total. The number of nitrogens with zero attached hydrogens (tertiary/aromatic N) is 3. The Kier molecular flexibility index (Phi) is 5.33. The Morgan fingerprint density at radius 2 is 1.97 bits per heavy atom. The number of rotatable bonds is 5. The second kappa shape index (κ2) is 7.98. The third kappa shape index (κ3) is 3.65. The summed E-state index contributed by atoms with van der Waals surface area (Å²) in [6, 6.07) is 8.10. The van der Waals surface area contributed by atoms with Crippen molar-refractivity contribution in [2.24, 2.45) is 0 Å². The number of hydrogen-bond acceptors (Lipinski definition) is 7. The van der Waals surface area contributed by atoms with Gasteiger partial charge in [-0.05, 0) is 55.7 Å². The summed E-state index contributed by atoms with van der Waals surface area (Å²) >= 11 is 6.02. The third-order valence-electron chi connectivity index (χ3n) is 6.47. The minimum atomic E-state index is -1.29. The van der Waals surface area contributed by atoms with Crippen molar-refractivity contribution in [2.75, 3.05) is 35.9 Å². The number of ether oxygens (including phenoxy) is 1. The number of benzene rings is 1. The Morgan fingerprint density at radius 3 is 2.60 bits per heavy atom. The van der Waals surface area contributed by atoms with Crippen molar-refractivity contribution >= 4 is 34.2 Å². The van der Waals surface area contributed by atoms with Gasteiger partial charge in [0, 0.05) is 18.1 Å². The van der Waals surface area contributed by atoms with Crippen molar-refractivity contribution in [1.29, 1.82) is 0 Å². The molecule has 1 atom stereocenters. The summed E-state index contributed by atoms with van der Waals surface area (Å²) in [6.45, 7) is 1.70. The molecule has 1 aromatic heterocycles. The first-order valence-corrected chi connectivity index (χ1v) is 12.1. The topological polar surface area (TPSA) is 87.6 Å². The first-order chi connectivity index (χ1) is 14.6. The molecule has 1 saturated carbocycles. The van der Waals surface area contributed by atoms with Crippen LogP contribution in [0, 0.1) is 0 Å². The van der Waals surface area contributed by atoms with E-state index in [1.54, 1.807) is 0 Å². The fourth-order valence-corrected chi connectivity index (χ4v) is 5.52. The molecule has 30 heavy (non-hydrogen) atoms. The lowest BCUT2D eigenvalue weighted by molar-refractivity contribution is 0.143. The maximum absolute atomic E-state index is 12.5. The van der Waals surface area contributed by atoms with Crippen LogP contribution in [0.25, 0.3) is 0 Å². The standard InChI is InChI=1S/C21H25ClN4O3S/c22-16-4-2-14(3-5-16)15-6-10-26(11-7-15)20-23-18(25-21(12-27)8-1-9-21)17-19(24-20)29-13-30(17)28/h2-5,15,27H,1,6-13H2,(H,23,24,25). The minimum absolute atomic E-state index is 0.0289. The van der Waals surface area contributed by atoms with Crippen LogP contribution in [0.1, 0.15) is 43.6 Å². The van der Waals surface area contributed by atoms with Crippen molar-refractivity contribution in [3.05, 3.63) is 34.9 Å². The van der Waals surface area contributed by atoms with Gasteiger partial charge in [-0.3, -0.25) is 4.21 Å². The summed E-state index contributed by atoms with van der Waals surface area (Å²) in [5.41, 5.74) is 0.929. The van der Waals surface area contributed by atoms with E-state index < -0.39 is 10.8 Å². The molecule has 0 amide bonds. The Labute approximate surface area is 183 Å². The zero-order chi connectivity index (χ0) is 20.7. The molecule has 9 heteroatoms. The van der Waals surface area contributed by atoms with Crippen LogP contribution in [0.15, 0.2) is 29.2 Å². The maximum Gasteiger partial charge on any atom is 0.238 e. The molecule has 0 radical (unpaired) electrons. The number of hydrogen-bond donors (Lipinski definition) is 2. The van der Waals surface area contributed by atoms with Gasteiger partial charge >= 0.3 is 0 Å². The van der Waals surface area contributed by atoms with Crippen molar-refractivity contribution in [3.63, 3.8) is 0 Å². The molecular formula is C21H25ClN4O3S. The van der Waals surface area contributed by atoms with Gasteiger partial charge in [-0.2, -0.15) is 9.97 Å². The predicted molar refractivity (Wildman–Crippen MR) is 117 cm³/mol. The number of aromatic nitrogens is 2. The molecule has 3 heterocycles. The summed E-state index contributed by atoms with van der Waals surface area (Å²) in [4.78, 5) is 12.0. The maximum atomic E-state index is 12.5. The van der Waals surface area contributed by atoms with Gasteiger partial charge in [0.2, 0.25) is 11.8 Å². The smallest absolute Gasteiger partial charge is 0.238 e. The molecular weight excluding hydrogens is 424 g/mol. The number of nitrogens with one attached hydrogen (secondary N) is 1. The first kappa shape index (κ1) is 20.0. The second-order valence-electron chi connectivity index (χ2n) is 8.34. The van der Waals surface area contributed by atoms with Crippen molar-refractivity contribution in [1.82, 2.24) is 9.97 Å². The molecule has 2 N–H and O–H groups in total. The third-order valence-corrected chi connectivity index (χ3v) is 7.88. The van der Waals surface area contributed by atoms with E-state index in [1.165, 1.54) is 5.56 Å². The molecule has 1 aromatic carbocycles. The van der Waals surface area contributed by atoms with Crippen molar-refractivity contribution < 1.29 is 14.1 Å². The molecule has 0 bridgehead atoms. The number of aliphatic hydroxyl groups excluding tert-OH is 1. The number of piperidine rings is 1. The van der Waals surface area contributed by atoms with E-state index in [1.807, 2.05) is 12.1 Å². The number of anilines is 2. The zero-order valence-electron chi connectivity index (χ0n) is 16.6. The Morgan fingerprint density at radius 1 is 1.23 bits per heavy atom. The van der Waals surface area contributed by atoms with Gasteiger partial charge in [-0.15, -0.1) is 0 Å². The largest absolute Gasteiger partial charge is 0.463 e. The zero-order valence-corrected chi connectivity index (χ0v) is 18.2. The molecule has 2 aromatic rings. The first-order valence-electron chi connectivity index (χ1n) is 10.4. The van der Waals surface area contributed by atoms with Gasteiger partial charge in [-0.1, -0.05) is 23.7 Å². The average molecular weight is 449 g/mol. The Balaban J connectivity index is 1.37. The summed E-state index contributed by atoms with van der Waals surface area (Å²) in [5, 5.41) is 14.0. The van der Waals surface area contributed by atoms with E-state index in [0.717, 1.165) is 50.2 Å². The summed E-state index contributed by atoms with van der Waals surface area (Å²) in [5.74, 6) is 2.12. The van der Waals surface area contributed by atoms with Crippen LogP contribution in [0.5, 0.6) is 5.88 Å². The summed E-state index contributed by atoms with van der Waals surface area (Å²) < 4.78 is 18.1. The van der Waals surface area contributed by atoms with Crippen LogP contribution < -0.4 is 15.0 Å². The monoisotopic (exact) mass is 448 g/mol. The van der Waals surface area contributed by atoms with Crippen LogP contribution in [0.2, 0.25) is 5.02 Å². The van der Waals surface area contributed by atoms with E-state index in [2.05, 4.69) is 27.3 Å². The SMILES string of the molecule is O=S1COc2nc(N3CCC(c4ccc(Cl)cc4)CC3)nc(NC3(CO)CCC3)c21. The molecule has 2 fully saturated rings. The van der Waals surface area contributed by atoms with Gasteiger partial charge < -0.3 is 20.1 Å². The molecule has 1 unspecified atom stereocenters. The highest BCUT2D eigenvalue weighted by atomic mass is 35.5. The van der Waals surface area contributed by atoms with E-state index in [9.17, 15) is 9.32 Å². The van der Waals surface area contributed by atoms with Crippen LogP contribution in [-0.2, 0) is 10.8 Å². The number of halogens is 1. The highest BCUT2D eigenvalue weighted by Gasteiger charge is 2.39. The van der Waals surface area contributed by atoms with Crippen LogP contribution in [0.3, 0.4) is 0 Å². The summed E-state index contributed by atoms with van der Waals surface area (Å²) in [7, 11) is -1.29. The van der Waals surface area contributed by atoms with E-state index in [4.69, 9.17) is 21.3 Å². The Bertz CT molecular complexity index is 954. The highest BCUT2D eigenvalue weighted by Crippen LogP contribution is 2.40. The van der Waals surface area contributed by atoms with Gasteiger partial charge in [0.25, 0.3) is 0 Å². The minimum Gasteiger partial charge on any atom is -0.463 e. The predicted octanol–water partition coefficient (Wildman–Crippen LogP) is 3.30. The molecule has 160 valence electrons. The average Bonchev–Trinajstić information content (AvgIpc) is 3.12. The van der Waals surface area contributed by atoms with E-state index in [0.29, 0.717) is 28.5 Å². The lowest BCUT2D eigenvalue weighted by atomic mass is 9.77. The molecule has 0 spiro atoms. The summed E-state index contributed by atoms with van der Waals surface area (Å²) in [6.07, 6.45) is 4.80. The molecule has 3 aliphatic rings. The molecule has 1 saturated heterocycles. The van der Waals surface area contributed by atoms with Crippen molar-refractivity contribution in [2.45, 2.75) is 48.5 Å². The molecule has 5 rings (SSSR count). The van der Waals surface area contributed by atoms with Crippen molar-refractivity contribution in [3.8, 4) is 5.88 Å². The lowest BCUT2D eigenvalue weighted by Crippen LogP contribution is -2.48. The molecule has 2 aliphatic heterocycles. The fourth-order valence-electron chi connectivity index (χ4n) is 4.44. The van der Waals surface area contributed by atoms with Crippen LogP contribution in [-0.4, -0.2) is 50.5 Å². The number of aliphatic hydroxyl groups is 1. The van der Waals surface area contributed by atoms with Gasteiger partial charge in [0.1, 0.15) is 15.7 Å². The quantitative estimate of drug-likeness (QED) is 0.725. The number of fused-ring (bicyclic) bond motifs is 1. The normalized spacial score (nSPS) is 22.9. The van der Waals surface area contributed by atoms with Gasteiger partial charge in [0.05, 0.1) is 12.1 Å². The highest BCUT2D eigenvalue weighted by molar-refractivity contribution is 7.85. The Hall–Kier alpha value is -1.90. The second-order valence-corrected chi connectivity index (χ2v) is 10.1. The fraction of sp³-hybridized carbons (Fsp3) is 0.524. The van der Waals surface area contributed by atoms with Crippen LogP contribution in [0.4, 0.5) is 11.8 Å². The van der Waals surface area contributed by atoms with Gasteiger partial charge in [0.15, 0.2) is 11.8 Å². The van der Waals surface area contributed by atoms with E-state index in [-0.39, 0.29) is 18.1 Å². The van der Waals surface area contributed by atoms with Crippen LogP contribution >= 0.6 is 11.6 Å².